The highest BCUT2D eigenvalue weighted by Gasteiger charge is 2.23. The smallest absolute Gasteiger partial charge is 0.233 e. The maximum absolute atomic E-state index is 12.8. The molecule has 1 aliphatic heterocycles. The van der Waals surface area contributed by atoms with Crippen LogP contribution >= 0.6 is 23.1 Å². The third-order valence-electron chi connectivity index (χ3n) is 5.65. The normalized spacial score (nSPS) is 14.4. The summed E-state index contributed by atoms with van der Waals surface area (Å²) in [5.41, 5.74) is 3.92. The zero-order chi connectivity index (χ0) is 21.1. The average molecular weight is 442 g/mol. The lowest BCUT2D eigenvalue weighted by atomic mass is 10.1. The molecule has 3 aromatic rings. The summed E-state index contributed by atoms with van der Waals surface area (Å²) >= 11 is 3.14. The predicted octanol–water partition coefficient (Wildman–Crippen LogP) is 4.08. The standard InChI is InChI=1S/C22H27N5OS2/c1-4-27-21(19-9-6-14-29-19)23-24-22(27)30-15-20(28)26-12-10-25(11-13-26)18-8-5-7-16(2)17(18)3/h5-9,14H,4,10-13,15H2,1-3H3. The minimum Gasteiger partial charge on any atom is -0.368 e. The predicted molar refractivity (Wildman–Crippen MR) is 124 cm³/mol. The van der Waals surface area contributed by atoms with E-state index in [4.69, 9.17) is 0 Å². The van der Waals surface area contributed by atoms with Crippen molar-refractivity contribution in [3.63, 3.8) is 0 Å². The molecule has 0 saturated carbocycles. The number of carbonyl (C=O) groups is 1. The molecule has 8 heteroatoms. The van der Waals surface area contributed by atoms with Crippen LogP contribution in [0.15, 0.2) is 40.9 Å². The number of anilines is 1. The van der Waals surface area contributed by atoms with E-state index < -0.39 is 0 Å². The van der Waals surface area contributed by atoms with Gasteiger partial charge in [-0.1, -0.05) is 30.0 Å². The molecule has 0 aliphatic carbocycles. The summed E-state index contributed by atoms with van der Waals surface area (Å²) in [5.74, 6) is 1.44. The Hall–Kier alpha value is -2.32. The highest BCUT2D eigenvalue weighted by Crippen LogP contribution is 2.28. The first-order valence-corrected chi connectivity index (χ1v) is 12.1. The highest BCUT2D eigenvalue weighted by atomic mass is 32.2. The van der Waals surface area contributed by atoms with Crippen molar-refractivity contribution in [1.82, 2.24) is 19.7 Å². The van der Waals surface area contributed by atoms with Crippen molar-refractivity contribution in [2.75, 3.05) is 36.8 Å². The first kappa shape index (κ1) is 20.9. The Labute approximate surface area is 185 Å². The molecule has 4 rings (SSSR count). The van der Waals surface area contributed by atoms with E-state index in [1.165, 1.54) is 28.6 Å². The fourth-order valence-corrected chi connectivity index (χ4v) is 5.38. The largest absolute Gasteiger partial charge is 0.368 e. The Bertz CT molecular complexity index is 1010. The Morgan fingerprint density at radius 2 is 1.90 bits per heavy atom. The lowest BCUT2D eigenvalue weighted by Crippen LogP contribution is -2.49. The van der Waals surface area contributed by atoms with Crippen LogP contribution in [0.2, 0.25) is 0 Å². The first-order chi connectivity index (χ1) is 14.6. The van der Waals surface area contributed by atoms with Gasteiger partial charge in [0.1, 0.15) is 0 Å². The Morgan fingerprint density at radius 1 is 1.10 bits per heavy atom. The van der Waals surface area contributed by atoms with Crippen LogP contribution in [0.5, 0.6) is 0 Å². The lowest BCUT2D eigenvalue weighted by molar-refractivity contribution is -0.128. The number of rotatable bonds is 6. The van der Waals surface area contributed by atoms with Gasteiger partial charge in [0.15, 0.2) is 11.0 Å². The molecule has 1 aliphatic rings. The fraction of sp³-hybridized carbons (Fsp3) is 0.409. The molecule has 1 fully saturated rings. The number of benzene rings is 1. The second kappa shape index (κ2) is 9.22. The summed E-state index contributed by atoms with van der Waals surface area (Å²) < 4.78 is 2.09. The number of thiophene rings is 1. The number of aromatic nitrogens is 3. The molecule has 0 spiro atoms. The quantitative estimate of drug-likeness (QED) is 0.540. The molecule has 1 aromatic carbocycles. The van der Waals surface area contributed by atoms with Crippen molar-refractivity contribution < 1.29 is 4.79 Å². The van der Waals surface area contributed by atoms with Crippen LogP contribution in [0, 0.1) is 13.8 Å². The maximum Gasteiger partial charge on any atom is 0.233 e. The van der Waals surface area contributed by atoms with Gasteiger partial charge < -0.3 is 14.4 Å². The number of amides is 1. The minimum atomic E-state index is 0.170. The number of hydrogen-bond donors (Lipinski definition) is 0. The molecule has 3 heterocycles. The molecule has 0 radical (unpaired) electrons. The molecule has 30 heavy (non-hydrogen) atoms. The highest BCUT2D eigenvalue weighted by molar-refractivity contribution is 7.99. The number of hydrogen-bond acceptors (Lipinski definition) is 6. The number of thioether (sulfide) groups is 1. The first-order valence-electron chi connectivity index (χ1n) is 10.3. The van der Waals surface area contributed by atoms with Crippen LogP contribution in [-0.2, 0) is 11.3 Å². The van der Waals surface area contributed by atoms with Gasteiger partial charge in [-0.3, -0.25) is 4.79 Å². The van der Waals surface area contributed by atoms with Gasteiger partial charge in [0.2, 0.25) is 5.91 Å². The van der Waals surface area contributed by atoms with Gasteiger partial charge in [-0.15, -0.1) is 21.5 Å². The molecule has 0 atom stereocenters. The summed E-state index contributed by atoms with van der Waals surface area (Å²) in [6.07, 6.45) is 0. The number of carbonyl (C=O) groups excluding carboxylic acids is 1. The fourth-order valence-electron chi connectivity index (χ4n) is 3.76. The van der Waals surface area contributed by atoms with Gasteiger partial charge >= 0.3 is 0 Å². The third-order valence-corrected chi connectivity index (χ3v) is 7.47. The summed E-state index contributed by atoms with van der Waals surface area (Å²) in [4.78, 5) is 18.3. The van der Waals surface area contributed by atoms with E-state index in [1.807, 2.05) is 16.3 Å². The number of aryl methyl sites for hydroxylation is 1. The molecule has 1 saturated heterocycles. The molecule has 0 unspecified atom stereocenters. The lowest BCUT2D eigenvalue weighted by Gasteiger charge is -2.37. The van der Waals surface area contributed by atoms with E-state index >= 15 is 0 Å². The van der Waals surface area contributed by atoms with Crippen LogP contribution in [0.3, 0.4) is 0 Å². The second-order valence-corrected chi connectivity index (χ2v) is 9.29. The number of nitrogens with zero attached hydrogens (tertiary/aromatic N) is 5. The zero-order valence-electron chi connectivity index (χ0n) is 17.7. The van der Waals surface area contributed by atoms with Crippen LogP contribution in [0.4, 0.5) is 5.69 Å². The van der Waals surface area contributed by atoms with Crippen molar-refractivity contribution in [2.45, 2.75) is 32.5 Å². The van der Waals surface area contributed by atoms with Gasteiger partial charge in [-0.25, -0.2) is 0 Å². The van der Waals surface area contributed by atoms with Gasteiger partial charge in [0.25, 0.3) is 0 Å². The van der Waals surface area contributed by atoms with Crippen molar-refractivity contribution in [3.8, 4) is 10.7 Å². The van der Waals surface area contributed by atoms with Crippen LogP contribution in [0.1, 0.15) is 18.1 Å². The topological polar surface area (TPSA) is 54.3 Å². The second-order valence-electron chi connectivity index (χ2n) is 7.40. The van der Waals surface area contributed by atoms with E-state index in [-0.39, 0.29) is 5.91 Å². The molecule has 6 nitrogen and oxygen atoms in total. The van der Waals surface area contributed by atoms with Crippen molar-refractivity contribution >= 4 is 34.7 Å². The molecular formula is C22H27N5OS2. The van der Waals surface area contributed by atoms with E-state index in [1.54, 1.807) is 11.3 Å². The Balaban J connectivity index is 1.34. The van der Waals surface area contributed by atoms with Gasteiger partial charge in [0, 0.05) is 38.4 Å². The molecule has 0 N–H and O–H groups in total. The zero-order valence-corrected chi connectivity index (χ0v) is 19.3. The van der Waals surface area contributed by atoms with Crippen LogP contribution in [-0.4, -0.2) is 57.5 Å². The SMILES string of the molecule is CCn1c(SCC(=O)N2CCN(c3cccc(C)c3C)CC2)nnc1-c1cccs1. The van der Waals surface area contributed by atoms with E-state index in [9.17, 15) is 4.79 Å². The molecule has 0 bridgehead atoms. The van der Waals surface area contributed by atoms with E-state index in [2.05, 4.69) is 64.7 Å². The van der Waals surface area contributed by atoms with Gasteiger partial charge in [0.05, 0.1) is 10.6 Å². The summed E-state index contributed by atoms with van der Waals surface area (Å²) in [6, 6.07) is 10.5. The minimum absolute atomic E-state index is 0.170. The summed E-state index contributed by atoms with van der Waals surface area (Å²) in [5, 5.41) is 11.5. The van der Waals surface area contributed by atoms with Crippen molar-refractivity contribution in [3.05, 3.63) is 46.8 Å². The molecule has 1 amide bonds. The maximum atomic E-state index is 12.8. The number of piperazine rings is 1. The van der Waals surface area contributed by atoms with E-state index in [0.29, 0.717) is 5.75 Å². The third kappa shape index (κ3) is 4.25. The Kier molecular flexibility index (Phi) is 6.43. The van der Waals surface area contributed by atoms with Gasteiger partial charge in [-0.05, 0) is 49.4 Å². The van der Waals surface area contributed by atoms with Crippen molar-refractivity contribution in [1.29, 1.82) is 0 Å². The molecule has 158 valence electrons. The Morgan fingerprint density at radius 3 is 2.60 bits per heavy atom. The monoisotopic (exact) mass is 441 g/mol. The summed E-state index contributed by atoms with van der Waals surface area (Å²) in [6.45, 7) is 10.4. The molecular weight excluding hydrogens is 414 g/mol. The molecule has 2 aromatic heterocycles. The van der Waals surface area contributed by atoms with Crippen LogP contribution in [0.25, 0.3) is 10.7 Å². The van der Waals surface area contributed by atoms with E-state index in [0.717, 1.165) is 48.6 Å². The van der Waals surface area contributed by atoms with Crippen molar-refractivity contribution in [2.24, 2.45) is 0 Å². The summed E-state index contributed by atoms with van der Waals surface area (Å²) in [7, 11) is 0. The van der Waals surface area contributed by atoms with Gasteiger partial charge in [-0.2, -0.15) is 0 Å². The average Bonchev–Trinajstić information content (AvgIpc) is 3.43. The van der Waals surface area contributed by atoms with Crippen LogP contribution < -0.4 is 4.90 Å².